The van der Waals surface area contributed by atoms with Gasteiger partial charge in [-0.05, 0) is 28.8 Å². The van der Waals surface area contributed by atoms with Gasteiger partial charge in [-0.15, -0.1) is 10.2 Å². The Morgan fingerprint density at radius 2 is 1.86 bits per heavy atom. The van der Waals surface area contributed by atoms with E-state index >= 15 is 0 Å². The third kappa shape index (κ3) is 6.67. The van der Waals surface area contributed by atoms with Crippen LogP contribution in [0, 0.1) is 11.3 Å². The SMILES string of the molecule is N#CC(CC(=O)[O-])c1ccc(OCc2cccc(CN3CCn4c(nnc4C(F)(F)F)C3)c2)cc1.[Li+]. The number of nitriles is 1. The van der Waals surface area contributed by atoms with E-state index in [0.29, 0.717) is 30.2 Å². The Labute approximate surface area is 217 Å². The molecular weight excluding hydrogens is 470 g/mol. The molecule has 1 atom stereocenters. The molecule has 0 amide bonds. The first-order valence-corrected chi connectivity index (χ1v) is 10.8. The molecule has 1 aromatic heterocycles. The number of aromatic nitrogens is 3. The van der Waals surface area contributed by atoms with Crippen LogP contribution in [0.1, 0.15) is 40.7 Å². The van der Waals surface area contributed by atoms with Crippen molar-refractivity contribution in [3.63, 3.8) is 0 Å². The van der Waals surface area contributed by atoms with Crippen LogP contribution in [0.25, 0.3) is 0 Å². The molecule has 0 aliphatic carbocycles. The summed E-state index contributed by atoms with van der Waals surface area (Å²) in [6, 6.07) is 16.3. The number of carboxylic acids is 1. The summed E-state index contributed by atoms with van der Waals surface area (Å²) in [5.41, 5.74) is 2.48. The van der Waals surface area contributed by atoms with Crippen LogP contribution in [0.5, 0.6) is 5.75 Å². The van der Waals surface area contributed by atoms with Gasteiger partial charge in [-0.1, -0.05) is 36.4 Å². The average molecular weight is 491 g/mol. The second-order valence-electron chi connectivity index (χ2n) is 8.24. The van der Waals surface area contributed by atoms with E-state index < -0.39 is 23.9 Å². The molecule has 0 saturated carbocycles. The van der Waals surface area contributed by atoms with Crippen LogP contribution in [0.15, 0.2) is 48.5 Å². The Hall–Kier alpha value is -3.31. The maximum Gasteiger partial charge on any atom is 1.00 e. The van der Waals surface area contributed by atoms with E-state index in [1.807, 2.05) is 35.2 Å². The van der Waals surface area contributed by atoms with Crippen molar-refractivity contribution in [3.05, 3.63) is 76.9 Å². The Kier molecular flexibility index (Phi) is 8.80. The number of rotatable bonds is 8. The number of alkyl halides is 3. The Balaban J connectivity index is 0.00000361. The predicted molar refractivity (Wildman–Crippen MR) is 114 cm³/mol. The number of aliphatic carboxylic acids is 1. The fourth-order valence-corrected chi connectivity index (χ4v) is 4.00. The summed E-state index contributed by atoms with van der Waals surface area (Å²) in [4.78, 5) is 12.8. The van der Waals surface area contributed by atoms with Gasteiger partial charge in [0.1, 0.15) is 18.2 Å². The van der Waals surface area contributed by atoms with Crippen molar-refractivity contribution >= 4 is 5.97 Å². The molecule has 0 radical (unpaired) electrons. The van der Waals surface area contributed by atoms with E-state index in [1.165, 1.54) is 0 Å². The molecule has 182 valence electrons. The molecule has 8 nitrogen and oxygen atoms in total. The van der Waals surface area contributed by atoms with Crippen molar-refractivity contribution in [1.29, 1.82) is 5.26 Å². The fourth-order valence-electron chi connectivity index (χ4n) is 4.00. The summed E-state index contributed by atoms with van der Waals surface area (Å²) in [7, 11) is 0. The van der Waals surface area contributed by atoms with E-state index in [0.717, 1.165) is 15.7 Å². The molecule has 2 aromatic carbocycles. The van der Waals surface area contributed by atoms with Crippen LogP contribution in [0.4, 0.5) is 13.2 Å². The third-order valence-electron chi connectivity index (χ3n) is 5.70. The van der Waals surface area contributed by atoms with Crippen LogP contribution in [-0.2, 0) is 37.2 Å². The van der Waals surface area contributed by atoms with Crippen molar-refractivity contribution in [3.8, 4) is 11.8 Å². The molecule has 12 heteroatoms. The standard InChI is InChI=1S/C24H22F3N5O3.Li/c25-24(26,27)23-30-29-21-14-31(8-9-32(21)23)13-16-2-1-3-17(10-16)15-35-20-6-4-18(5-7-20)19(12-28)11-22(33)34;/h1-7,10,19H,8-9,11,13-15H2,(H,33,34);/q;+1/p-1. The first kappa shape index (κ1) is 27.3. The predicted octanol–water partition coefficient (Wildman–Crippen LogP) is -0.357. The van der Waals surface area contributed by atoms with E-state index in [-0.39, 0.29) is 45.0 Å². The van der Waals surface area contributed by atoms with Gasteiger partial charge in [-0.2, -0.15) is 18.4 Å². The van der Waals surface area contributed by atoms with Crippen LogP contribution in [0.3, 0.4) is 0 Å². The number of fused-ring (bicyclic) bond motifs is 1. The summed E-state index contributed by atoms with van der Waals surface area (Å²) < 4.78 is 46.0. The first-order chi connectivity index (χ1) is 16.7. The van der Waals surface area contributed by atoms with Gasteiger partial charge in [0.05, 0.1) is 18.5 Å². The molecule has 36 heavy (non-hydrogen) atoms. The van der Waals surface area contributed by atoms with Crippen LogP contribution in [-0.4, -0.2) is 32.2 Å². The van der Waals surface area contributed by atoms with Crippen molar-refractivity contribution in [2.24, 2.45) is 0 Å². The van der Waals surface area contributed by atoms with E-state index in [4.69, 9.17) is 10.00 Å². The van der Waals surface area contributed by atoms with Gasteiger partial charge < -0.3 is 19.2 Å². The molecule has 0 saturated heterocycles. The van der Waals surface area contributed by atoms with Crippen molar-refractivity contribution in [2.75, 3.05) is 6.54 Å². The normalized spacial score (nSPS) is 14.3. The molecule has 1 aliphatic rings. The number of carbonyl (C=O) groups excluding carboxylic acids is 1. The number of carboxylic acid groups (broad SMARTS) is 1. The van der Waals surface area contributed by atoms with Gasteiger partial charge in [0.25, 0.3) is 0 Å². The average Bonchev–Trinajstić information content (AvgIpc) is 3.26. The zero-order chi connectivity index (χ0) is 25.0. The maximum absolute atomic E-state index is 13.0. The zero-order valence-electron chi connectivity index (χ0n) is 19.5. The number of halogens is 3. The summed E-state index contributed by atoms with van der Waals surface area (Å²) >= 11 is 0. The zero-order valence-corrected chi connectivity index (χ0v) is 19.5. The molecular formula is C24H21F3LiN5O3. The van der Waals surface area contributed by atoms with Gasteiger partial charge in [-0.25, -0.2) is 0 Å². The summed E-state index contributed by atoms with van der Waals surface area (Å²) in [6.07, 6.45) is -4.89. The summed E-state index contributed by atoms with van der Waals surface area (Å²) in [5.74, 6) is -2.16. The van der Waals surface area contributed by atoms with E-state index in [1.54, 1.807) is 24.3 Å². The number of carbonyl (C=O) groups is 1. The molecule has 1 unspecified atom stereocenters. The maximum atomic E-state index is 13.0. The minimum atomic E-state index is -4.52. The molecule has 0 bridgehead atoms. The Morgan fingerprint density at radius 1 is 1.14 bits per heavy atom. The second-order valence-corrected chi connectivity index (χ2v) is 8.24. The van der Waals surface area contributed by atoms with Crippen molar-refractivity contribution < 1.29 is 46.7 Å². The molecule has 0 N–H and O–H groups in total. The first-order valence-electron chi connectivity index (χ1n) is 10.8. The Morgan fingerprint density at radius 3 is 2.53 bits per heavy atom. The number of hydrogen-bond donors (Lipinski definition) is 0. The quantitative estimate of drug-likeness (QED) is 0.397. The minimum absolute atomic E-state index is 0. The van der Waals surface area contributed by atoms with E-state index in [9.17, 15) is 23.1 Å². The number of ether oxygens (including phenoxy) is 1. The van der Waals surface area contributed by atoms with Gasteiger partial charge >= 0.3 is 25.0 Å². The molecule has 4 rings (SSSR count). The molecule has 0 fully saturated rings. The topological polar surface area (TPSA) is 107 Å². The van der Waals surface area contributed by atoms with Gasteiger partial charge in [0, 0.05) is 32.0 Å². The largest absolute Gasteiger partial charge is 1.00 e. The van der Waals surface area contributed by atoms with Crippen LogP contribution >= 0.6 is 0 Å². The molecule has 2 heterocycles. The summed E-state index contributed by atoms with van der Waals surface area (Å²) in [6.45, 7) is 1.73. The smallest absolute Gasteiger partial charge is 0.550 e. The monoisotopic (exact) mass is 491 g/mol. The molecule has 3 aromatic rings. The van der Waals surface area contributed by atoms with Gasteiger partial charge in [0.15, 0.2) is 0 Å². The number of nitrogens with zero attached hydrogens (tertiary/aromatic N) is 5. The van der Waals surface area contributed by atoms with Gasteiger partial charge in [0.2, 0.25) is 5.82 Å². The second kappa shape index (κ2) is 11.6. The van der Waals surface area contributed by atoms with Gasteiger partial charge in [-0.3, -0.25) is 4.90 Å². The van der Waals surface area contributed by atoms with Crippen LogP contribution < -0.4 is 28.7 Å². The number of benzene rings is 2. The molecule has 1 aliphatic heterocycles. The number of hydrogen-bond acceptors (Lipinski definition) is 7. The third-order valence-corrected chi connectivity index (χ3v) is 5.70. The Bertz CT molecular complexity index is 1240. The van der Waals surface area contributed by atoms with Crippen molar-refractivity contribution in [2.45, 2.75) is 44.8 Å². The van der Waals surface area contributed by atoms with Crippen molar-refractivity contribution in [1.82, 2.24) is 19.7 Å². The molecule has 0 spiro atoms. The van der Waals surface area contributed by atoms with Crippen LogP contribution in [0.2, 0.25) is 0 Å². The summed E-state index contributed by atoms with van der Waals surface area (Å²) in [5, 5.41) is 26.9. The minimum Gasteiger partial charge on any atom is -0.550 e. The van der Waals surface area contributed by atoms with E-state index in [2.05, 4.69) is 10.2 Å². The fraction of sp³-hybridized carbons (Fsp3) is 0.333.